The number of carbonyl (C=O) groups excluding carboxylic acids is 4. The first-order chi connectivity index (χ1) is 23.4. The zero-order valence-electron chi connectivity index (χ0n) is 28.6. The zero-order chi connectivity index (χ0) is 35.5. The van der Waals surface area contributed by atoms with E-state index in [2.05, 4.69) is 27.5 Å². The number of aromatic nitrogens is 1. The summed E-state index contributed by atoms with van der Waals surface area (Å²) in [5.74, 6) is -2.81. The molecule has 1 aromatic carbocycles. The van der Waals surface area contributed by atoms with Crippen LogP contribution in [0, 0.1) is 17.8 Å². The predicted octanol–water partition coefficient (Wildman–Crippen LogP) is 2.96. The molecule has 4 N–H and O–H groups in total. The third-order valence-electron chi connectivity index (χ3n) is 10.1. The molecule has 3 aliphatic rings. The number of aliphatic carboxylic acids is 1. The zero-order valence-corrected chi connectivity index (χ0v) is 28.6. The highest BCUT2D eigenvalue weighted by molar-refractivity contribution is 5.97. The van der Waals surface area contributed by atoms with Gasteiger partial charge in [-0.2, -0.15) is 0 Å². The Morgan fingerprint density at radius 1 is 1.10 bits per heavy atom. The number of ether oxygens (including phenoxy) is 2. The van der Waals surface area contributed by atoms with Gasteiger partial charge in [-0.1, -0.05) is 39.2 Å². The molecule has 1 aliphatic heterocycles. The van der Waals surface area contributed by atoms with E-state index in [0.717, 1.165) is 32.1 Å². The van der Waals surface area contributed by atoms with Crippen LogP contribution in [0.2, 0.25) is 0 Å². The smallest absolute Gasteiger partial charge is 0.330 e. The Morgan fingerprint density at radius 3 is 2.45 bits per heavy atom. The summed E-state index contributed by atoms with van der Waals surface area (Å²) in [5.41, 5.74) is -0.858. The molecule has 1 unspecified atom stereocenters. The molecule has 0 spiro atoms. The maximum absolute atomic E-state index is 14.4. The second kappa shape index (κ2) is 14.8. The summed E-state index contributed by atoms with van der Waals surface area (Å²) in [6.45, 7) is 8.67. The van der Waals surface area contributed by atoms with Gasteiger partial charge in [-0.25, -0.2) is 4.79 Å². The van der Waals surface area contributed by atoms with Crippen molar-refractivity contribution in [2.75, 3.05) is 13.7 Å². The number of nitrogens with zero attached hydrogens (tertiary/aromatic N) is 2. The van der Waals surface area contributed by atoms with E-state index in [1.807, 2.05) is 6.07 Å². The number of methoxy groups -OCH3 is 1. The van der Waals surface area contributed by atoms with Crippen LogP contribution >= 0.6 is 0 Å². The lowest BCUT2D eigenvalue weighted by Crippen LogP contribution is -2.60. The monoisotopic (exact) mass is 677 g/mol. The quantitative estimate of drug-likeness (QED) is 0.232. The number of hydrogen-bond acceptors (Lipinski definition) is 8. The summed E-state index contributed by atoms with van der Waals surface area (Å²) in [5, 5.41) is 19.1. The van der Waals surface area contributed by atoms with Gasteiger partial charge in [0.1, 0.15) is 41.3 Å². The fourth-order valence-electron chi connectivity index (χ4n) is 7.22. The van der Waals surface area contributed by atoms with E-state index >= 15 is 0 Å². The number of benzene rings is 1. The lowest BCUT2D eigenvalue weighted by atomic mass is 9.83. The molecule has 13 heteroatoms. The van der Waals surface area contributed by atoms with E-state index in [0.29, 0.717) is 22.4 Å². The maximum Gasteiger partial charge on any atom is 0.330 e. The molecule has 1 saturated heterocycles. The van der Waals surface area contributed by atoms with Gasteiger partial charge in [-0.3, -0.25) is 24.2 Å². The average Bonchev–Trinajstić information content (AvgIpc) is 3.65. The van der Waals surface area contributed by atoms with Crippen LogP contribution in [0.25, 0.3) is 10.9 Å². The van der Waals surface area contributed by atoms with Crippen LogP contribution in [0.4, 0.5) is 0 Å². The van der Waals surface area contributed by atoms with Gasteiger partial charge < -0.3 is 35.4 Å². The molecule has 13 nitrogen and oxygen atoms in total. The van der Waals surface area contributed by atoms with Crippen molar-refractivity contribution >= 4 is 40.5 Å². The van der Waals surface area contributed by atoms with Gasteiger partial charge in [0.15, 0.2) is 0 Å². The van der Waals surface area contributed by atoms with Gasteiger partial charge >= 0.3 is 5.97 Å². The second-order valence-electron chi connectivity index (χ2n) is 13.8. The molecule has 5 rings (SSSR count). The Kier molecular flexibility index (Phi) is 10.8. The van der Waals surface area contributed by atoms with Crippen LogP contribution in [0.1, 0.15) is 65.7 Å². The molecule has 0 radical (unpaired) electrons. The minimum Gasteiger partial charge on any atom is -0.497 e. The van der Waals surface area contributed by atoms with E-state index in [-0.39, 0.29) is 37.1 Å². The molecule has 2 heterocycles. The number of amides is 4. The molecule has 49 heavy (non-hydrogen) atoms. The van der Waals surface area contributed by atoms with Gasteiger partial charge in [0.25, 0.3) is 0 Å². The molecule has 2 saturated carbocycles. The molecular formula is C36H47N5O8. The molecular weight excluding hydrogens is 630 g/mol. The van der Waals surface area contributed by atoms with Crippen molar-refractivity contribution in [1.82, 2.24) is 25.8 Å². The predicted molar refractivity (Wildman–Crippen MR) is 181 cm³/mol. The number of carbonyl (C=O) groups is 5. The Morgan fingerprint density at radius 2 is 1.84 bits per heavy atom. The number of hydrogen-bond donors (Lipinski definition) is 4. The van der Waals surface area contributed by atoms with Gasteiger partial charge in [0, 0.05) is 36.9 Å². The van der Waals surface area contributed by atoms with E-state index in [1.54, 1.807) is 45.4 Å². The minimum atomic E-state index is -1.50. The summed E-state index contributed by atoms with van der Waals surface area (Å²) >= 11 is 0. The lowest BCUT2D eigenvalue weighted by Gasteiger charge is -2.34. The number of carboxylic acids is 1. The highest BCUT2D eigenvalue weighted by Crippen LogP contribution is 2.45. The van der Waals surface area contributed by atoms with E-state index in [1.165, 1.54) is 17.9 Å². The summed E-state index contributed by atoms with van der Waals surface area (Å²) < 4.78 is 11.7. The third-order valence-corrected chi connectivity index (χ3v) is 10.1. The van der Waals surface area contributed by atoms with Crippen molar-refractivity contribution in [1.29, 1.82) is 0 Å². The van der Waals surface area contributed by atoms with Crippen molar-refractivity contribution in [3.8, 4) is 11.5 Å². The van der Waals surface area contributed by atoms with Crippen LogP contribution in [0.5, 0.6) is 11.5 Å². The second-order valence-corrected chi connectivity index (χ2v) is 13.8. The van der Waals surface area contributed by atoms with E-state index in [4.69, 9.17) is 9.47 Å². The number of carboxylic acid groups (broad SMARTS) is 1. The SMILES string of the molecule is C=C[C@@H]1CC1(NC(=O)[C@@H]1C[C@@H](Oc2ccnc3cc(OC)ccc23)CN1C(=O)[C@@H](NC(=O)[C@@H](NC(C)=O)C1CCCCC1)C(C)C)C(=O)O. The van der Waals surface area contributed by atoms with Gasteiger partial charge in [0.2, 0.25) is 23.6 Å². The van der Waals surface area contributed by atoms with Crippen molar-refractivity contribution in [3.63, 3.8) is 0 Å². The van der Waals surface area contributed by atoms with Crippen LogP contribution < -0.4 is 25.4 Å². The van der Waals surface area contributed by atoms with Crippen LogP contribution in [0.15, 0.2) is 43.1 Å². The van der Waals surface area contributed by atoms with Crippen molar-refractivity contribution in [3.05, 3.63) is 43.1 Å². The molecule has 3 fully saturated rings. The number of fused-ring (bicyclic) bond motifs is 1. The van der Waals surface area contributed by atoms with E-state index < -0.39 is 59.4 Å². The first kappa shape index (κ1) is 35.6. The Bertz CT molecular complexity index is 1610. The lowest BCUT2D eigenvalue weighted by molar-refractivity contribution is -0.146. The fraction of sp³-hybridized carbons (Fsp3) is 0.556. The Labute approximate surface area is 286 Å². The highest BCUT2D eigenvalue weighted by atomic mass is 16.5. The standard InChI is InChI=1S/C36H47N5O8/c1-6-23-18-36(23,35(46)47)40-32(43)28-17-25(49-29-14-15-37-27-16-24(48-5)12-13-26(27)29)19-41(28)34(45)30(20(2)3)39-33(44)31(38-21(4)42)22-10-8-7-9-11-22/h6,12-16,20,22-23,25,28,30-31H,1,7-11,17-19H2,2-5H3,(H,38,42)(H,39,44)(H,40,43)(H,46,47)/t23-,25-,28+,30+,31+,36?/m1/s1. The van der Waals surface area contributed by atoms with Crippen LogP contribution in [0.3, 0.4) is 0 Å². The van der Waals surface area contributed by atoms with E-state index in [9.17, 15) is 29.1 Å². The molecule has 4 amide bonds. The first-order valence-electron chi connectivity index (χ1n) is 17.0. The van der Waals surface area contributed by atoms with Crippen molar-refractivity contribution in [2.45, 2.75) is 95.5 Å². The summed E-state index contributed by atoms with van der Waals surface area (Å²) in [7, 11) is 1.56. The number of pyridine rings is 1. The largest absolute Gasteiger partial charge is 0.497 e. The normalized spacial score (nSPS) is 24.8. The Hall–Kier alpha value is -4.68. The van der Waals surface area contributed by atoms with Crippen molar-refractivity contribution < 1.29 is 38.6 Å². The number of likely N-dealkylation sites (tertiary alicyclic amines) is 1. The summed E-state index contributed by atoms with van der Waals surface area (Å²) in [4.78, 5) is 72.2. The number of rotatable bonds is 13. The molecule has 0 bridgehead atoms. The average molecular weight is 678 g/mol. The summed E-state index contributed by atoms with van der Waals surface area (Å²) in [6, 6.07) is 4.20. The van der Waals surface area contributed by atoms with Crippen LogP contribution in [-0.4, -0.2) is 88.0 Å². The maximum atomic E-state index is 14.4. The molecule has 2 aliphatic carbocycles. The molecule has 2 aromatic rings. The van der Waals surface area contributed by atoms with Gasteiger partial charge in [-0.05, 0) is 49.3 Å². The molecule has 264 valence electrons. The third kappa shape index (κ3) is 7.65. The number of nitrogens with one attached hydrogen (secondary N) is 3. The topological polar surface area (TPSA) is 176 Å². The molecule has 1 aromatic heterocycles. The minimum absolute atomic E-state index is 0.0126. The highest BCUT2D eigenvalue weighted by Gasteiger charge is 2.61. The van der Waals surface area contributed by atoms with Crippen molar-refractivity contribution in [2.24, 2.45) is 17.8 Å². The van der Waals surface area contributed by atoms with Gasteiger partial charge in [-0.15, -0.1) is 6.58 Å². The Balaban J connectivity index is 1.41. The molecule has 6 atom stereocenters. The summed E-state index contributed by atoms with van der Waals surface area (Å²) in [6.07, 6.45) is 7.31. The first-order valence-corrected chi connectivity index (χ1v) is 17.0. The van der Waals surface area contributed by atoms with Gasteiger partial charge in [0.05, 0.1) is 19.2 Å². The van der Waals surface area contributed by atoms with Crippen LogP contribution in [-0.2, 0) is 24.0 Å². The fourth-order valence-corrected chi connectivity index (χ4v) is 7.22.